The maximum atomic E-state index is 11.7. The summed E-state index contributed by atoms with van der Waals surface area (Å²) in [5.74, 6) is 0. The monoisotopic (exact) mass is 217 g/mol. The molecule has 1 atom stereocenters. The Morgan fingerprint density at radius 1 is 1.44 bits per heavy atom. The number of hydrogen-bond donors (Lipinski definition) is 2. The summed E-state index contributed by atoms with van der Waals surface area (Å²) in [7, 11) is 0. The van der Waals surface area contributed by atoms with Gasteiger partial charge in [0.2, 0.25) is 0 Å². The minimum Gasteiger partial charge on any atom is -0.328 e. The average molecular weight is 217 g/mol. The lowest BCUT2D eigenvalue weighted by Gasteiger charge is -2.10. The van der Waals surface area contributed by atoms with Gasteiger partial charge < -0.3 is 5.73 Å². The van der Waals surface area contributed by atoms with E-state index in [1.165, 1.54) is 0 Å². The highest BCUT2D eigenvalue weighted by molar-refractivity contribution is 5.82. The first-order valence-electron chi connectivity index (χ1n) is 5.19. The van der Waals surface area contributed by atoms with E-state index >= 15 is 0 Å². The van der Waals surface area contributed by atoms with Crippen LogP contribution < -0.4 is 17.0 Å². The normalized spacial score (nSPS) is 18.2. The molecule has 1 aromatic carbocycles. The average Bonchev–Trinajstić information content (AvgIpc) is 2.65. The van der Waals surface area contributed by atoms with Crippen molar-refractivity contribution in [1.82, 2.24) is 9.55 Å². The van der Waals surface area contributed by atoms with Crippen molar-refractivity contribution in [2.45, 2.75) is 12.5 Å². The zero-order chi connectivity index (χ0) is 11.3. The quantitative estimate of drug-likeness (QED) is 0.691. The van der Waals surface area contributed by atoms with Gasteiger partial charge in [0.25, 0.3) is 5.56 Å². The third-order valence-corrected chi connectivity index (χ3v) is 3.14. The molecule has 0 saturated carbocycles. The van der Waals surface area contributed by atoms with Crippen LogP contribution >= 0.6 is 0 Å². The van der Waals surface area contributed by atoms with Crippen LogP contribution in [0.15, 0.2) is 27.8 Å². The first kappa shape index (κ1) is 9.35. The number of H-pyrrole nitrogens is 1. The molecule has 1 unspecified atom stereocenters. The zero-order valence-electron chi connectivity index (χ0n) is 8.56. The summed E-state index contributed by atoms with van der Waals surface area (Å²) in [6, 6.07) is 5.46. The molecule has 1 aliphatic heterocycles. The summed E-state index contributed by atoms with van der Waals surface area (Å²) < 4.78 is 1.60. The van der Waals surface area contributed by atoms with Crippen LogP contribution in [0.5, 0.6) is 0 Å². The lowest BCUT2D eigenvalue weighted by Crippen LogP contribution is -2.33. The number of rotatable bonds is 1. The molecule has 82 valence electrons. The Labute approximate surface area is 90.5 Å². The maximum Gasteiger partial charge on any atom is 0.329 e. The summed E-state index contributed by atoms with van der Waals surface area (Å²) >= 11 is 0. The molecule has 5 heteroatoms. The SMILES string of the molecule is NCC1Cc2cccc3c(=O)[nH]c(=O)n1c23. The van der Waals surface area contributed by atoms with Gasteiger partial charge in [0.15, 0.2) is 0 Å². The number of nitrogens with one attached hydrogen (secondary N) is 1. The van der Waals surface area contributed by atoms with Gasteiger partial charge in [-0.25, -0.2) is 4.79 Å². The molecular weight excluding hydrogens is 206 g/mol. The second-order valence-electron chi connectivity index (χ2n) is 4.04. The van der Waals surface area contributed by atoms with Crippen LogP contribution in [0.2, 0.25) is 0 Å². The van der Waals surface area contributed by atoms with Crippen molar-refractivity contribution >= 4 is 10.9 Å². The van der Waals surface area contributed by atoms with Gasteiger partial charge in [-0.05, 0) is 18.1 Å². The van der Waals surface area contributed by atoms with Crippen LogP contribution in [-0.2, 0) is 6.42 Å². The van der Waals surface area contributed by atoms with Gasteiger partial charge in [-0.15, -0.1) is 0 Å². The second kappa shape index (κ2) is 3.05. The summed E-state index contributed by atoms with van der Waals surface area (Å²) in [5, 5.41) is 0.563. The molecule has 5 nitrogen and oxygen atoms in total. The Kier molecular flexibility index (Phi) is 1.79. The number of benzene rings is 1. The number of nitrogens with zero attached hydrogens (tertiary/aromatic N) is 1. The number of hydrogen-bond acceptors (Lipinski definition) is 3. The molecule has 2 aromatic rings. The van der Waals surface area contributed by atoms with Crippen LogP contribution in [0, 0.1) is 0 Å². The smallest absolute Gasteiger partial charge is 0.328 e. The largest absolute Gasteiger partial charge is 0.329 e. The van der Waals surface area contributed by atoms with E-state index in [4.69, 9.17) is 5.73 Å². The highest BCUT2D eigenvalue weighted by atomic mass is 16.2. The summed E-state index contributed by atoms with van der Waals surface area (Å²) in [6.07, 6.45) is 0.723. The van der Waals surface area contributed by atoms with E-state index in [9.17, 15) is 9.59 Å². The van der Waals surface area contributed by atoms with Crippen molar-refractivity contribution in [2.24, 2.45) is 5.73 Å². The summed E-state index contributed by atoms with van der Waals surface area (Å²) in [4.78, 5) is 25.7. The van der Waals surface area contributed by atoms with E-state index in [2.05, 4.69) is 4.98 Å². The van der Waals surface area contributed by atoms with Gasteiger partial charge in [-0.2, -0.15) is 0 Å². The fraction of sp³-hybridized carbons (Fsp3) is 0.273. The lowest BCUT2D eigenvalue weighted by molar-refractivity contribution is 0.528. The lowest BCUT2D eigenvalue weighted by atomic mass is 10.1. The second-order valence-corrected chi connectivity index (χ2v) is 4.04. The molecule has 1 aromatic heterocycles. The molecule has 0 fully saturated rings. The van der Waals surface area contributed by atoms with Crippen molar-refractivity contribution in [2.75, 3.05) is 6.54 Å². The molecule has 0 saturated heterocycles. The Morgan fingerprint density at radius 3 is 3.00 bits per heavy atom. The Hall–Kier alpha value is -1.88. The minimum absolute atomic E-state index is 0.0377. The maximum absolute atomic E-state index is 11.7. The van der Waals surface area contributed by atoms with E-state index in [1.54, 1.807) is 10.6 Å². The van der Waals surface area contributed by atoms with Crippen LogP contribution in [0.25, 0.3) is 10.9 Å². The third kappa shape index (κ3) is 1.03. The standard InChI is InChI=1S/C11H11N3O2/c12-5-7-4-6-2-1-3-8-9(6)14(7)11(16)13-10(8)15/h1-3,7H,4-5,12H2,(H,13,15,16). The van der Waals surface area contributed by atoms with Crippen molar-refractivity contribution in [3.63, 3.8) is 0 Å². The van der Waals surface area contributed by atoms with Crippen LogP contribution in [0.3, 0.4) is 0 Å². The van der Waals surface area contributed by atoms with Crippen molar-refractivity contribution < 1.29 is 0 Å². The van der Waals surface area contributed by atoms with Gasteiger partial charge in [0.05, 0.1) is 16.9 Å². The van der Waals surface area contributed by atoms with Crippen LogP contribution in [0.1, 0.15) is 11.6 Å². The third-order valence-electron chi connectivity index (χ3n) is 3.14. The van der Waals surface area contributed by atoms with Gasteiger partial charge >= 0.3 is 5.69 Å². The predicted octanol–water partition coefficient (Wildman–Crippen LogP) is -0.254. The Morgan fingerprint density at radius 2 is 2.25 bits per heavy atom. The number of para-hydroxylation sites is 1. The summed E-state index contributed by atoms with van der Waals surface area (Å²) in [5.41, 5.74) is 6.72. The van der Waals surface area contributed by atoms with Gasteiger partial charge in [0, 0.05) is 6.54 Å². The van der Waals surface area contributed by atoms with E-state index in [0.717, 1.165) is 17.5 Å². The predicted molar refractivity (Wildman–Crippen MR) is 60.6 cm³/mol. The molecule has 2 heterocycles. The van der Waals surface area contributed by atoms with E-state index in [1.807, 2.05) is 12.1 Å². The molecule has 3 rings (SSSR count). The molecule has 0 aliphatic carbocycles. The van der Waals surface area contributed by atoms with Crippen molar-refractivity contribution in [3.05, 3.63) is 44.6 Å². The topological polar surface area (TPSA) is 80.9 Å². The zero-order valence-corrected chi connectivity index (χ0v) is 8.56. The first-order valence-corrected chi connectivity index (χ1v) is 5.19. The highest BCUT2D eigenvalue weighted by Crippen LogP contribution is 2.27. The fourth-order valence-electron chi connectivity index (χ4n) is 2.43. The van der Waals surface area contributed by atoms with Crippen molar-refractivity contribution in [3.8, 4) is 0 Å². The fourth-order valence-corrected chi connectivity index (χ4v) is 2.43. The van der Waals surface area contributed by atoms with E-state index in [-0.39, 0.29) is 17.3 Å². The summed E-state index contributed by atoms with van der Waals surface area (Å²) in [6.45, 7) is 0.399. The van der Waals surface area contributed by atoms with Crippen LogP contribution in [-0.4, -0.2) is 16.1 Å². The first-order chi connectivity index (χ1) is 7.72. The van der Waals surface area contributed by atoms with Crippen molar-refractivity contribution in [1.29, 1.82) is 0 Å². The number of aromatic nitrogens is 2. The van der Waals surface area contributed by atoms with E-state index in [0.29, 0.717) is 11.9 Å². The van der Waals surface area contributed by atoms with Gasteiger partial charge in [-0.3, -0.25) is 14.3 Å². The number of aromatic amines is 1. The van der Waals surface area contributed by atoms with E-state index < -0.39 is 0 Å². The van der Waals surface area contributed by atoms with Crippen LogP contribution in [0.4, 0.5) is 0 Å². The Balaban J connectivity index is 2.56. The molecular formula is C11H11N3O2. The number of nitrogens with two attached hydrogens (primary N) is 1. The molecule has 0 spiro atoms. The molecule has 16 heavy (non-hydrogen) atoms. The highest BCUT2D eigenvalue weighted by Gasteiger charge is 2.24. The van der Waals surface area contributed by atoms with Gasteiger partial charge in [0.1, 0.15) is 0 Å². The molecule has 1 aliphatic rings. The molecule has 0 radical (unpaired) electrons. The molecule has 0 bridgehead atoms. The Bertz CT molecular complexity index is 684. The molecule has 0 amide bonds. The molecule has 3 N–H and O–H groups in total. The van der Waals surface area contributed by atoms with Gasteiger partial charge in [-0.1, -0.05) is 12.1 Å². The minimum atomic E-state index is -0.363.